The molecule has 0 spiro atoms. The first-order valence-electron chi connectivity index (χ1n) is 10.2. The molecule has 5 heterocycles. The predicted octanol–water partition coefficient (Wildman–Crippen LogP) is 0.867. The molecule has 0 bridgehead atoms. The molecule has 1 unspecified atom stereocenters. The molecule has 2 N–H and O–H groups in total. The molecule has 4 aromatic rings. The highest BCUT2D eigenvalue weighted by atomic mass is 16.5. The van der Waals surface area contributed by atoms with Crippen LogP contribution in [0.25, 0.3) is 17.5 Å². The van der Waals surface area contributed by atoms with Crippen LogP contribution in [0.2, 0.25) is 0 Å². The lowest BCUT2D eigenvalue weighted by Crippen LogP contribution is -2.38. The van der Waals surface area contributed by atoms with E-state index in [1.54, 1.807) is 69.0 Å². The molecule has 1 aliphatic heterocycles. The van der Waals surface area contributed by atoms with Crippen molar-refractivity contribution in [1.29, 1.82) is 0 Å². The Hall–Kier alpha value is -4.47. The molecular formula is C23H19N5O5. The van der Waals surface area contributed by atoms with Crippen molar-refractivity contribution in [1.82, 2.24) is 19.5 Å². The number of hydrogen-bond acceptors (Lipinski definition) is 9. The normalized spacial score (nSPS) is 15.4. The van der Waals surface area contributed by atoms with Gasteiger partial charge in [0.25, 0.3) is 6.01 Å². The zero-order valence-electron chi connectivity index (χ0n) is 17.8. The minimum Gasteiger partial charge on any atom is -0.459 e. The molecular weight excluding hydrogens is 426 g/mol. The second-order valence-electron chi connectivity index (χ2n) is 7.68. The van der Waals surface area contributed by atoms with E-state index in [0.717, 1.165) is 0 Å². The molecule has 0 aromatic carbocycles. The molecule has 4 aromatic heterocycles. The number of oxazole rings is 2. The van der Waals surface area contributed by atoms with Crippen LogP contribution in [0.5, 0.6) is 0 Å². The lowest BCUT2D eigenvalue weighted by atomic mass is 9.88. The maximum Gasteiger partial charge on any atom is 0.362 e. The maximum absolute atomic E-state index is 13.3. The van der Waals surface area contributed by atoms with E-state index in [9.17, 15) is 9.59 Å². The number of nitrogen functional groups attached to an aromatic ring is 1. The van der Waals surface area contributed by atoms with E-state index in [2.05, 4.69) is 15.0 Å². The number of esters is 1. The van der Waals surface area contributed by atoms with Crippen LogP contribution in [-0.4, -0.2) is 31.6 Å². The number of aromatic nitrogens is 4. The van der Waals surface area contributed by atoms with Gasteiger partial charge in [-0.3, -0.25) is 9.97 Å². The standard InChI is InChI=1S/C23H19N5O5/c1-12(2)31-22(30)17-16(14-6-4-8-26-11-14)18-20(33-23(24)27-18)28-15(21(29)32-19(17)28)9-13-5-3-7-25-10-13/h3-12,16H,1-2H3,(H2,24,27)/b15-9+. The summed E-state index contributed by atoms with van der Waals surface area (Å²) in [5.41, 5.74) is 6.95. The third-order valence-corrected chi connectivity index (χ3v) is 5.06. The third kappa shape index (κ3) is 3.51. The highest BCUT2D eigenvalue weighted by Gasteiger charge is 2.40. The van der Waals surface area contributed by atoms with E-state index < -0.39 is 23.6 Å². The Morgan fingerprint density at radius 3 is 2.61 bits per heavy atom. The summed E-state index contributed by atoms with van der Waals surface area (Å²) in [4.78, 5) is 38.8. The van der Waals surface area contributed by atoms with E-state index in [4.69, 9.17) is 19.3 Å². The fourth-order valence-electron chi connectivity index (χ4n) is 3.81. The van der Waals surface area contributed by atoms with E-state index in [0.29, 0.717) is 16.8 Å². The minimum absolute atomic E-state index is 0.0155. The molecule has 10 heteroatoms. The number of pyridine rings is 2. The van der Waals surface area contributed by atoms with Gasteiger partial charge < -0.3 is 19.3 Å². The van der Waals surface area contributed by atoms with E-state index in [-0.39, 0.29) is 28.4 Å². The highest BCUT2D eigenvalue weighted by Crippen LogP contribution is 2.38. The van der Waals surface area contributed by atoms with Crippen LogP contribution in [0.4, 0.5) is 6.01 Å². The molecule has 166 valence electrons. The summed E-state index contributed by atoms with van der Waals surface area (Å²) in [5.74, 6) is -1.24. The number of fused-ring (bicyclic) bond motifs is 3. The fraction of sp³-hybridized carbons (Fsp3) is 0.174. The Balaban J connectivity index is 1.90. The zero-order chi connectivity index (χ0) is 23.1. The van der Waals surface area contributed by atoms with Crippen molar-refractivity contribution in [2.75, 3.05) is 5.73 Å². The lowest BCUT2D eigenvalue weighted by molar-refractivity contribution is -0.140. The van der Waals surface area contributed by atoms with Gasteiger partial charge in [0.1, 0.15) is 16.6 Å². The second-order valence-corrected chi connectivity index (χ2v) is 7.68. The summed E-state index contributed by atoms with van der Waals surface area (Å²) in [6.45, 7) is 3.47. The smallest absolute Gasteiger partial charge is 0.362 e. The first-order valence-corrected chi connectivity index (χ1v) is 10.2. The average molecular weight is 445 g/mol. The number of ether oxygens (including phenoxy) is 1. The van der Waals surface area contributed by atoms with Crippen LogP contribution in [-0.2, 0) is 9.53 Å². The van der Waals surface area contributed by atoms with Crippen molar-refractivity contribution in [2.24, 2.45) is 0 Å². The van der Waals surface area contributed by atoms with E-state index >= 15 is 0 Å². The summed E-state index contributed by atoms with van der Waals surface area (Å²) in [7, 11) is 0. The summed E-state index contributed by atoms with van der Waals surface area (Å²) in [6, 6.07) is 6.91. The molecule has 0 aliphatic carbocycles. The number of nitrogens with two attached hydrogens (primary N) is 1. The Labute approximate surface area is 186 Å². The number of carbonyl (C=O) groups is 1. The Kier molecular flexibility index (Phi) is 4.89. The largest absolute Gasteiger partial charge is 0.459 e. The zero-order valence-corrected chi connectivity index (χ0v) is 17.8. The summed E-state index contributed by atoms with van der Waals surface area (Å²) >= 11 is 0. The number of hydrogen-bond donors (Lipinski definition) is 1. The summed E-state index contributed by atoms with van der Waals surface area (Å²) < 4.78 is 18.2. The van der Waals surface area contributed by atoms with Gasteiger partial charge in [0.05, 0.1) is 12.0 Å². The van der Waals surface area contributed by atoms with E-state index in [1.807, 2.05) is 0 Å². The Morgan fingerprint density at radius 1 is 1.18 bits per heavy atom. The number of rotatable bonds is 4. The van der Waals surface area contributed by atoms with Gasteiger partial charge in [0.2, 0.25) is 11.4 Å². The van der Waals surface area contributed by atoms with Gasteiger partial charge in [-0.2, -0.15) is 4.98 Å². The van der Waals surface area contributed by atoms with Crippen LogP contribution >= 0.6 is 0 Å². The predicted molar refractivity (Wildman–Crippen MR) is 117 cm³/mol. The average Bonchev–Trinajstić information content (AvgIpc) is 3.32. The molecule has 0 saturated heterocycles. The van der Waals surface area contributed by atoms with Crippen molar-refractivity contribution in [3.63, 3.8) is 0 Å². The SMILES string of the molecule is CC(C)OC(=O)C1=c2oc(=O)/c(=C\c3cccnc3)n2-c2oc(N)nc2C1c1cccnc1. The van der Waals surface area contributed by atoms with Gasteiger partial charge in [0, 0.05) is 24.8 Å². The van der Waals surface area contributed by atoms with Crippen LogP contribution in [0.3, 0.4) is 0 Å². The number of nitrogens with zero attached hydrogens (tertiary/aromatic N) is 4. The molecule has 33 heavy (non-hydrogen) atoms. The molecule has 1 aliphatic rings. The first-order chi connectivity index (χ1) is 15.9. The third-order valence-electron chi connectivity index (χ3n) is 5.06. The molecule has 0 amide bonds. The topological polar surface area (TPSA) is 139 Å². The van der Waals surface area contributed by atoms with Crippen molar-refractivity contribution in [3.05, 3.63) is 87.2 Å². The second kappa shape index (κ2) is 7.90. The van der Waals surface area contributed by atoms with E-state index in [1.165, 1.54) is 4.57 Å². The molecule has 1 atom stereocenters. The van der Waals surface area contributed by atoms with Crippen LogP contribution in [0.1, 0.15) is 36.6 Å². The van der Waals surface area contributed by atoms with Gasteiger partial charge in [-0.25, -0.2) is 14.2 Å². The summed E-state index contributed by atoms with van der Waals surface area (Å²) in [5, 5.41) is 0.120. The van der Waals surface area contributed by atoms with Crippen LogP contribution < -0.4 is 22.3 Å². The van der Waals surface area contributed by atoms with Crippen LogP contribution in [0, 0.1) is 0 Å². The molecule has 5 rings (SSSR count). The Morgan fingerprint density at radius 2 is 1.94 bits per heavy atom. The van der Waals surface area contributed by atoms with Crippen LogP contribution in [0.15, 0.2) is 62.7 Å². The molecule has 0 saturated carbocycles. The molecule has 0 fully saturated rings. The number of carbonyl (C=O) groups excluding carboxylic acids is 1. The fourth-order valence-corrected chi connectivity index (χ4v) is 3.81. The van der Waals surface area contributed by atoms with Gasteiger partial charge in [-0.1, -0.05) is 12.1 Å². The first kappa shape index (κ1) is 20.4. The molecule has 10 nitrogen and oxygen atoms in total. The highest BCUT2D eigenvalue weighted by molar-refractivity contribution is 6.12. The van der Waals surface area contributed by atoms with Gasteiger partial charge in [-0.15, -0.1) is 0 Å². The lowest BCUT2D eigenvalue weighted by Gasteiger charge is -2.22. The van der Waals surface area contributed by atoms with Crippen molar-refractivity contribution in [2.45, 2.75) is 25.9 Å². The van der Waals surface area contributed by atoms with Gasteiger partial charge in [0.15, 0.2) is 0 Å². The summed E-state index contributed by atoms with van der Waals surface area (Å²) in [6.07, 6.45) is 7.60. The Bertz CT molecular complexity index is 1520. The number of anilines is 1. The minimum atomic E-state index is -0.766. The van der Waals surface area contributed by atoms with Crippen molar-refractivity contribution >= 4 is 23.6 Å². The quantitative estimate of drug-likeness (QED) is 0.453. The monoisotopic (exact) mass is 445 g/mol. The van der Waals surface area contributed by atoms with Gasteiger partial charge >= 0.3 is 11.6 Å². The van der Waals surface area contributed by atoms with Crippen molar-refractivity contribution < 1.29 is 18.4 Å². The van der Waals surface area contributed by atoms with Crippen molar-refractivity contribution in [3.8, 4) is 5.88 Å². The van der Waals surface area contributed by atoms with Gasteiger partial charge in [-0.05, 0) is 43.2 Å². The molecule has 0 radical (unpaired) electrons. The maximum atomic E-state index is 13.3.